The number of methoxy groups -OCH3 is 1. The van der Waals surface area contributed by atoms with Crippen molar-refractivity contribution >= 4 is 0 Å². The number of aliphatic hydroxyl groups is 1. The van der Waals surface area contributed by atoms with Crippen molar-refractivity contribution in [2.24, 2.45) is 11.7 Å². The molecule has 0 radical (unpaired) electrons. The number of hydrogen-bond acceptors (Lipinski definition) is 3. The van der Waals surface area contributed by atoms with Gasteiger partial charge in [0.2, 0.25) is 0 Å². The largest absolute Gasteiger partial charge is 0.497 e. The topological polar surface area (TPSA) is 55.5 Å². The van der Waals surface area contributed by atoms with Crippen LogP contribution in [0.25, 0.3) is 11.1 Å². The zero-order valence-corrected chi connectivity index (χ0v) is 12.7. The van der Waals surface area contributed by atoms with E-state index in [1.165, 1.54) is 16.7 Å². The molecule has 21 heavy (non-hydrogen) atoms. The molecular weight excluding hydrogens is 262 g/mol. The Balaban J connectivity index is 2.36. The highest BCUT2D eigenvalue weighted by molar-refractivity contribution is 5.69. The van der Waals surface area contributed by atoms with Crippen LogP contribution < -0.4 is 10.5 Å². The molecule has 1 atom stereocenters. The van der Waals surface area contributed by atoms with Gasteiger partial charge in [-0.2, -0.15) is 0 Å². The van der Waals surface area contributed by atoms with E-state index in [9.17, 15) is 5.11 Å². The monoisotopic (exact) mass is 285 g/mol. The summed E-state index contributed by atoms with van der Waals surface area (Å²) in [6, 6.07) is 14.3. The van der Waals surface area contributed by atoms with Gasteiger partial charge in [-0.05, 0) is 60.2 Å². The van der Waals surface area contributed by atoms with Crippen LogP contribution in [-0.4, -0.2) is 25.4 Å². The fourth-order valence-electron chi connectivity index (χ4n) is 2.54. The molecule has 0 amide bonds. The normalized spacial score (nSPS) is 12.2. The van der Waals surface area contributed by atoms with Crippen LogP contribution in [0, 0.1) is 12.8 Å². The van der Waals surface area contributed by atoms with Gasteiger partial charge in [-0.3, -0.25) is 0 Å². The molecule has 0 aromatic heterocycles. The molecule has 2 aromatic carbocycles. The molecule has 0 saturated heterocycles. The molecule has 0 saturated carbocycles. The minimum atomic E-state index is 0.115. The molecule has 1 unspecified atom stereocenters. The Bertz CT molecular complexity index is 592. The first-order chi connectivity index (χ1) is 10.2. The molecule has 2 aromatic rings. The summed E-state index contributed by atoms with van der Waals surface area (Å²) in [5.41, 5.74) is 10.5. The van der Waals surface area contributed by atoms with Crippen LogP contribution in [0.5, 0.6) is 5.75 Å². The predicted octanol–water partition coefficient (Wildman–Crippen LogP) is 2.78. The molecule has 0 heterocycles. The maximum atomic E-state index is 9.34. The van der Waals surface area contributed by atoms with Gasteiger partial charge in [0.15, 0.2) is 0 Å². The minimum absolute atomic E-state index is 0.115. The van der Waals surface area contributed by atoms with E-state index >= 15 is 0 Å². The first kappa shape index (κ1) is 15.5. The number of aliphatic hydroxyl groups excluding tert-OH is 1. The molecular formula is C18H23NO2. The van der Waals surface area contributed by atoms with E-state index in [2.05, 4.69) is 31.2 Å². The number of hydrogen-bond donors (Lipinski definition) is 2. The Labute approximate surface area is 126 Å². The van der Waals surface area contributed by atoms with Crippen LogP contribution in [0.4, 0.5) is 0 Å². The second-order valence-electron chi connectivity index (χ2n) is 5.31. The van der Waals surface area contributed by atoms with Crippen molar-refractivity contribution < 1.29 is 9.84 Å². The Kier molecular flexibility index (Phi) is 5.37. The maximum Gasteiger partial charge on any atom is 0.119 e. The Morgan fingerprint density at radius 2 is 1.95 bits per heavy atom. The lowest BCUT2D eigenvalue weighted by Crippen LogP contribution is -2.20. The molecule has 3 heteroatoms. The van der Waals surface area contributed by atoms with Gasteiger partial charge in [-0.1, -0.05) is 30.3 Å². The first-order valence-electron chi connectivity index (χ1n) is 7.23. The Morgan fingerprint density at radius 1 is 1.19 bits per heavy atom. The van der Waals surface area contributed by atoms with Gasteiger partial charge in [-0.25, -0.2) is 0 Å². The van der Waals surface area contributed by atoms with Crippen LogP contribution in [0.3, 0.4) is 0 Å². The van der Waals surface area contributed by atoms with E-state index in [4.69, 9.17) is 10.5 Å². The molecule has 0 bridgehead atoms. The lowest BCUT2D eigenvalue weighted by Gasteiger charge is -2.16. The van der Waals surface area contributed by atoms with Gasteiger partial charge in [-0.15, -0.1) is 0 Å². The van der Waals surface area contributed by atoms with Crippen molar-refractivity contribution in [3.8, 4) is 16.9 Å². The third-order valence-corrected chi connectivity index (χ3v) is 3.93. The fourth-order valence-corrected chi connectivity index (χ4v) is 2.54. The summed E-state index contributed by atoms with van der Waals surface area (Å²) in [6.07, 6.45) is 0.802. The zero-order chi connectivity index (χ0) is 15.2. The number of benzene rings is 2. The van der Waals surface area contributed by atoms with Crippen molar-refractivity contribution in [3.05, 3.63) is 53.6 Å². The van der Waals surface area contributed by atoms with Crippen molar-refractivity contribution in [2.45, 2.75) is 13.3 Å². The first-order valence-corrected chi connectivity index (χ1v) is 7.23. The molecule has 0 aliphatic heterocycles. The van der Waals surface area contributed by atoms with Gasteiger partial charge >= 0.3 is 0 Å². The summed E-state index contributed by atoms with van der Waals surface area (Å²) < 4.78 is 5.30. The average Bonchev–Trinajstić information content (AvgIpc) is 2.54. The fraction of sp³-hybridized carbons (Fsp3) is 0.333. The van der Waals surface area contributed by atoms with Gasteiger partial charge in [0.25, 0.3) is 0 Å². The summed E-state index contributed by atoms with van der Waals surface area (Å²) in [7, 11) is 1.68. The molecule has 3 N–H and O–H groups in total. The average molecular weight is 285 g/mol. The second-order valence-corrected chi connectivity index (χ2v) is 5.31. The van der Waals surface area contributed by atoms with E-state index in [1.54, 1.807) is 7.11 Å². The van der Waals surface area contributed by atoms with E-state index in [1.807, 2.05) is 18.2 Å². The summed E-state index contributed by atoms with van der Waals surface area (Å²) in [4.78, 5) is 0. The number of rotatable bonds is 6. The van der Waals surface area contributed by atoms with Crippen molar-refractivity contribution in [3.63, 3.8) is 0 Å². The van der Waals surface area contributed by atoms with Gasteiger partial charge < -0.3 is 15.6 Å². The van der Waals surface area contributed by atoms with Crippen molar-refractivity contribution in [1.29, 1.82) is 0 Å². The third-order valence-electron chi connectivity index (χ3n) is 3.93. The molecule has 112 valence electrons. The summed E-state index contributed by atoms with van der Waals surface area (Å²) in [5, 5.41) is 9.34. The van der Waals surface area contributed by atoms with Crippen LogP contribution >= 0.6 is 0 Å². The Morgan fingerprint density at radius 3 is 2.62 bits per heavy atom. The van der Waals surface area contributed by atoms with Crippen LogP contribution in [0.15, 0.2) is 42.5 Å². The summed E-state index contributed by atoms with van der Waals surface area (Å²) in [6.45, 7) is 2.74. The summed E-state index contributed by atoms with van der Waals surface area (Å²) in [5.74, 6) is 0.969. The van der Waals surface area contributed by atoms with Gasteiger partial charge in [0.05, 0.1) is 7.11 Å². The molecule has 0 aliphatic carbocycles. The van der Waals surface area contributed by atoms with Crippen molar-refractivity contribution in [2.75, 3.05) is 20.3 Å². The smallest absolute Gasteiger partial charge is 0.119 e. The molecule has 0 spiro atoms. The standard InChI is InChI=1S/C18H23NO2/c1-13-15(9-14(11-19)12-20)5-4-8-18(13)16-6-3-7-17(10-16)21-2/h3-8,10,14,20H,9,11-12,19H2,1-2H3. The van der Waals surface area contributed by atoms with E-state index in [-0.39, 0.29) is 12.5 Å². The zero-order valence-electron chi connectivity index (χ0n) is 12.7. The molecule has 0 fully saturated rings. The van der Waals surface area contributed by atoms with Crippen LogP contribution in [0.2, 0.25) is 0 Å². The molecule has 3 nitrogen and oxygen atoms in total. The van der Waals surface area contributed by atoms with Gasteiger partial charge in [0.1, 0.15) is 5.75 Å². The highest BCUT2D eigenvalue weighted by Crippen LogP contribution is 2.29. The highest BCUT2D eigenvalue weighted by Gasteiger charge is 2.11. The van der Waals surface area contributed by atoms with Gasteiger partial charge in [0, 0.05) is 6.61 Å². The van der Waals surface area contributed by atoms with Crippen molar-refractivity contribution in [1.82, 2.24) is 0 Å². The third kappa shape index (κ3) is 3.63. The van der Waals surface area contributed by atoms with Crippen LogP contribution in [-0.2, 0) is 6.42 Å². The quantitative estimate of drug-likeness (QED) is 0.858. The predicted molar refractivity (Wildman–Crippen MR) is 86.5 cm³/mol. The summed E-state index contributed by atoms with van der Waals surface area (Å²) >= 11 is 0. The van der Waals surface area contributed by atoms with E-state index in [0.717, 1.165) is 17.7 Å². The minimum Gasteiger partial charge on any atom is -0.497 e. The van der Waals surface area contributed by atoms with E-state index in [0.29, 0.717) is 6.54 Å². The highest BCUT2D eigenvalue weighted by atomic mass is 16.5. The SMILES string of the molecule is COc1cccc(-c2cccc(CC(CN)CO)c2C)c1. The number of ether oxygens (including phenoxy) is 1. The number of nitrogens with two attached hydrogens (primary N) is 1. The Hall–Kier alpha value is -1.84. The lowest BCUT2D eigenvalue weighted by molar-refractivity contribution is 0.229. The maximum absolute atomic E-state index is 9.34. The molecule has 2 rings (SSSR count). The van der Waals surface area contributed by atoms with E-state index < -0.39 is 0 Å². The molecule has 0 aliphatic rings. The van der Waals surface area contributed by atoms with Crippen LogP contribution in [0.1, 0.15) is 11.1 Å². The second kappa shape index (κ2) is 7.25. The lowest BCUT2D eigenvalue weighted by atomic mass is 9.91.